The number of rotatable bonds is 6. The van der Waals surface area contributed by atoms with Crippen LogP contribution in [0.25, 0.3) is 0 Å². The highest BCUT2D eigenvalue weighted by Gasteiger charge is 2.40. The molecule has 5 heteroatoms. The highest BCUT2D eigenvalue weighted by molar-refractivity contribution is 7.86. The van der Waals surface area contributed by atoms with E-state index in [1.165, 1.54) is 0 Å². The van der Waals surface area contributed by atoms with Gasteiger partial charge in [0.15, 0.2) is 0 Å². The van der Waals surface area contributed by atoms with E-state index in [2.05, 4.69) is 0 Å². The zero-order valence-electron chi connectivity index (χ0n) is 12.0. The van der Waals surface area contributed by atoms with Crippen LogP contribution in [-0.2, 0) is 13.8 Å². The van der Waals surface area contributed by atoms with Crippen molar-refractivity contribution < 1.29 is 13.8 Å². The van der Waals surface area contributed by atoms with Crippen LogP contribution in [0.1, 0.15) is 54.9 Å². The van der Waals surface area contributed by atoms with Crippen molar-refractivity contribution in [1.82, 2.24) is 0 Å². The molecule has 2 unspecified atom stereocenters. The lowest BCUT2D eigenvalue weighted by Crippen LogP contribution is -2.27. The van der Waals surface area contributed by atoms with Crippen LogP contribution < -0.4 is 0 Å². The summed E-state index contributed by atoms with van der Waals surface area (Å²) in [5.41, 5.74) is -0.228. The zero-order chi connectivity index (χ0) is 13.9. The van der Waals surface area contributed by atoms with Gasteiger partial charge in [0.2, 0.25) is 0 Å². The van der Waals surface area contributed by atoms with Gasteiger partial charge in [0.25, 0.3) is 6.72 Å². The Labute approximate surface area is 110 Å². The largest absolute Gasteiger partial charge is 0.373 e. The minimum absolute atomic E-state index is 0.228. The van der Waals surface area contributed by atoms with Gasteiger partial charge >= 0.3 is 0 Å². The minimum Gasteiger partial charge on any atom is -0.373 e. The molecule has 0 radical (unpaired) electrons. The van der Waals surface area contributed by atoms with Crippen LogP contribution in [0.15, 0.2) is 0 Å². The van der Waals surface area contributed by atoms with Gasteiger partial charge in [-0.05, 0) is 59.2 Å². The molecular formula is C12H26ClO3P. The molecule has 0 rings (SSSR count). The van der Waals surface area contributed by atoms with Gasteiger partial charge in [0.05, 0.1) is 23.5 Å². The minimum atomic E-state index is -3.14. The van der Waals surface area contributed by atoms with Gasteiger partial charge in [-0.15, -0.1) is 0 Å². The van der Waals surface area contributed by atoms with E-state index in [0.29, 0.717) is 13.0 Å². The summed E-state index contributed by atoms with van der Waals surface area (Å²) in [6, 6.07) is 0. The topological polar surface area (TPSA) is 35.5 Å². The van der Waals surface area contributed by atoms with Crippen LogP contribution in [0.2, 0.25) is 0 Å². The molecule has 0 saturated carbocycles. The Balaban J connectivity index is 4.39. The molecule has 0 bridgehead atoms. The maximum atomic E-state index is 12.3. The van der Waals surface area contributed by atoms with Gasteiger partial charge in [-0.2, -0.15) is 0 Å². The van der Waals surface area contributed by atoms with Crippen LogP contribution in [-0.4, -0.2) is 23.5 Å². The Morgan fingerprint density at radius 3 is 2.06 bits per heavy atom. The van der Waals surface area contributed by atoms with Gasteiger partial charge in [0, 0.05) is 0 Å². The Hall–Kier alpha value is 0.440. The van der Waals surface area contributed by atoms with Crippen molar-refractivity contribution in [2.45, 2.75) is 71.7 Å². The molecule has 0 saturated heterocycles. The first kappa shape index (κ1) is 17.4. The molecule has 0 aromatic carbocycles. The molecule has 0 spiro atoms. The predicted octanol–water partition coefficient (Wildman–Crippen LogP) is 4.83. The molecule has 17 heavy (non-hydrogen) atoms. The van der Waals surface area contributed by atoms with Crippen molar-refractivity contribution in [3.05, 3.63) is 0 Å². The lowest BCUT2D eigenvalue weighted by atomic mass is 10.1. The van der Waals surface area contributed by atoms with Crippen molar-refractivity contribution in [3.8, 4) is 0 Å². The van der Waals surface area contributed by atoms with E-state index in [9.17, 15) is 4.57 Å². The van der Waals surface area contributed by atoms with Gasteiger partial charge in [-0.3, -0.25) is 4.57 Å². The van der Waals surface area contributed by atoms with Crippen LogP contribution in [0, 0.1) is 0 Å². The van der Waals surface area contributed by atoms with Crippen LogP contribution in [0.5, 0.6) is 0 Å². The Kier molecular flexibility index (Phi) is 6.21. The summed E-state index contributed by atoms with van der Waals surface area (Å²) in [6.45, 7) is 10.6. The predicted molar refractivity (Wildman–Crippen MR) is 74.1 cm³/mol. The molecule has 0 aliphatic heterocycles. The maximum absolute atomic E-state index is 12.3. The number of halogens is 1. The maximum Gasteiger partial charge on any atom is 0.295 e. The molecule has 104 valence electrons. The molecule has 0 aromatic rings. The number of ether oxygens (including phenoxy) is 1. The number of hydrogen-bond acceptors (Lipinski definition) is 3. The third kappa shape index (κ3) is 6.24. The summed E-state index contributed by atoms with van der Waals surface area (Å²) in [4.78, 5) is 0. The first-order valence-corrected chi connectivity index (χ1v) is 8.56. The molecule has 0 fully saturated rings. The van der Waals surface area contributed by atoms with Gasteiger partial charge < -0.3 is 9.26 Å². The quantitative estimate of drug-likeness (QED) is 0.656. The van der Waals surface area contributed by atoms with Crippen molar-refractivity contribution in [1.29, 1.82) is 0 Å². The Bertz CT molecular complexity index is 284. The van der Waals surface area contributed by atoms with Crippen LogP contribution in [0.4, 0.5) is 0 Å². The molecule has 0 aliphatic carbocycles. The van der Waals surface area contributed by atoms with Crippen molar-refractivity contribution in [2.24, 2.45) is 0 Å². The molecule has 0 N–H and O–H groups in total. The lowest BCUT2D eigenvalue weighted by molar-refractivity contribution is -0.0369. The molecule has 0 aromatic heterocycles. The van der Waals surface area contributed by atoms with E-state index in [1.54, 1.807) is 0 Å². The van der Waals surface area contributed by atoms with E-state index >= 15 is 0 Å². The molecule has 3 nitrogen and oxygen atoms in total. The van der Waals surface area contributed by atoms with E-state index in [4.69, 9.17) is 20.5 Å². The van der Waals surface area contributed by atoms with Gasteiger partial charge in [-0.1, -0.05) is 6.92 Å². The summed E-state index contributed by atoms with van der Waals surface area (Å²) >= 11 is 6.05. The van der Waals surface area contributed by atoms with Crippen LogP contribution >= 0.6 is 18.0 Å². The molecule has 2 atom stereocenters. The Morgan fingerprint density at radius 1 is 1.24 bits per heavy atom. The standard InChI is InChI=1S/C12H26ClO3P/c1-8-12(6,7)17(13,14)16-10(2)9-15-11(3,4)5/h10H,8-9H2,1-7H3. The second kappa shape index (κ2) is 6.06. The SMILES string of the molecule is CCC(C)(C)P(=O)(Cl)OC(C)COC(C)(C)C. The third-order valence-electron chi connectivity index (χ3n) is 2.65. The zero-order valence-corrected chi connectivity index (χ0v) is 13.7. The van der Waals surface area contributed by atoms with E-state index in [-0.39, 0.29) is 11.7 Å². The van der Waals surface area contributed by atoms with Crippen molar-refractivity contribution in [2.75, 3.05) is 6.61 Å². The van der Waals surface area contributed by atoms with E-state index in [1.807, 2.05) is 48.5 Å². The Morgan fingerprint density at radius 2 is 1.71 bits per heavy atom. The summed E-state index contributed by atoms with van der Waals surface area (Å²) < 4.78 is 23.4. The first-order chi connectivity index (χ1) is 7.41. The normalized spacial score (nSPS) is 18.8. The average molecular weight is 285 g/mol. The molecule has 0 heterocycles. The van der Waals surface area contributed by atoms with E-state index in [0.717, 1.165) is 0 Å². The van der Waals surface area contributed by atoms with Crippen molar-refractivity contribution in [3.63, 3.8) is 0 Å². The fourth-order valence-corrected chi connectivity index (χ4v) is 2.91. The second-order valence-corrected chi connectivity index (χ2v) is 9.70. The van der Waals surface area contributed by atoms with Crippen LogP contribution in [0.3, 0.4) is 0 Å². The van der Waals surface area contributed by atoms with Crippen molar-refractivity contribution >= 4 is 18.0 Å². The lowest BCUT2D eigenvalue weighted by Gasteiger charge is -2.31. The highest BCUT2D eigenvalue weighted by Crippen LogP contribution is 2.65. The summed E-state index contributed by atoms with van der Waals surface area (Å²) in [5.74, 6) is 0. The second-order valence-electron chi connectivity index (χ2n) is 5.99. The average Bonchev–Trinajstić information content (AvgIpc) is 2.12. The number of hydrogen-bond donors (Lipinski definition) is 0. The smallest absolute Gasteiger partial charge is 0.295 e. The van der Waals surface area contributed by atoms with Gasteiger partial charge in [0.1, 0.15) is 0 Å². The molecular weight excluding hydrogens is 259 g/mol. The molecule has 0 aliphatic rings. The fourth-order valence-electron chi connectivity index (χ4n) is 0.961. The summed E-state index contributed by atoms with van der Waals surface area (Å²) in [5, 5.41) is -0.509. The van der Waals surface area contributed by atoms with E-state index < -0.39 is 11.9 Å². The highest BCUT2D eigenvalue weighted by atomic mass is 35.7. The molecule has 0 amide bonds. The monoisotopic (exact) mass is 284 g/mol. The summed E-state index contributed by atoms with van der Waals surface area (Å²) in [6.07, 6.45) is 0.434. The summed E-state index contributed by atoms with van der Waals surface area (Å²) in [7, 11) is 0. The van der Waals surface area contributed by atoms with Gasteiger partial charge in [-0.25, -0.2) is 0 Å². The first-order valence-electron chi connectivity index (χ1n) is 6.03. The third-order valence-corrected chi connectivity index (χ3v) is 6.66. The fraction of sp³-hybridized carbons (Fsp3) is 1.00.